The number of carbonyl (C=O) groups excluding carboxylic acids is 1. The number of likely N-dealkylation sites (tertiary alicyclic amines) is 1. The second-order valence-electron chi connectivity index (χ2n) is 5.09. The number of amides is 1. The molecule has 0 saturated carbocycles. The van der Waals surface area contributed by atoms with Gasteiger partial charge < -0.3 is 15.6 Å². The number of rotatable bonds is 3. The van der Waals surface area contributed by atoms with Crippen LogP contribution in [0.3, 0.4) is 0 Å². The van der Waals surface area contributed by atoms with Gasteiger partial charge in [0.15, 0.2) is 0 Å². The topological polar surface area (TPSA) is 83.3 Å². The van der Waals surface area contributed by atoms with Crippen LogP contribution in [0.5, 0.6) is 0 Å². The number of aromatic nitrogens is 1. The van der Waals surface area contributed by atoms with E-state index < -0.39 is 0 Å². The van der Waals surface area contributed by atoms with E-state index >= 15 is 0 Å². The van der Waals surface area contributed by atoms with Gasteiger partial charge in [-0.2, -0.15) is 0 Å². The normalized spacial score (nSPS) is 20.1. The maximum atomic E-state index is 12.2. The van der Waals surface area contributed by atoms with Gasteiger partial charge in [0, 0.05) is 24.5 Å². The van der Waals surface area contributed by atoms with E-state index in [1.165, 1.54) is 0 Å². The summed E-state index contributed by atoms with van der Waals surface area (Å²) in [5.74, 6) is 5.32. The fourth-order valence-corrected chi connectivity index (χ4v) is 2.41. The maximum absolute atomic E-state index is 12.2. The van der Waals surface area contributed by atoms with Crippen molar-refractivity contribution in [3.8, 4) is 0 Å². The molecule has 19 heavy (non-hydrogen) atoms. The zero-order chi connectivity index (χ0) is 13.8. The van der Waals surface area contributed by atoms with Crippen LogP contribution in [0.4, 0.5) is 5.69 Å². The third-order valence-corrected chi connectivity index (χ3v) is 3.40. The molecule has 1 aliphatic rings. The van der Waals surface area contributed by atoms with E-state index in [2.05, 4.69) is 27.7 Å². The first kappa shape index (κ1) is 13.8. The van der Waals surface area contributed by atoms with Gasteiger partial charge >= 0.3 is 0 Å². The molecule has 2 heterocycles. The first-order valence-corrected chi connectivity index (χ1v) is 6.53. The van der Waals surface area contributed by atoms with Gasteiger partial charge in [-0.15, -0.1) is 0 Å². The van der Waals surface area contributed by atoms with Crippen molar-refractivity contribution in [1.82, 2.24) is 15.2 Å². The van der Waals surface area contributed by atoms with Crippen LogP contribution < -0.4 is 16.6 Å². The molecule has 6 heteroatoms. The standard InChI is InChI=1S/C13H21N5O/c1-9-6-12(17-14)11(7-15-9)13(19)16-10-4-3-5-18(2)8-10/h6-7,10H,3-5,8,14H2,1-2H3,(H,15,17)(H,16,19). The first-order chi connectivity index (χ1) is 9.10. The highest BCUT2D eigenvalue weighted by atomic mass is 16.1. The lowest BCUT2D eigenvalue weighted by molar-refractivity contribution is 0.0913. The average molecular weight is 263 g/mol. The molecule has 1 saturated heterocycles. The van der Waals surface area contributed by atoms with E-state index in [1.807, 2.05) is 6.92 Å². The quantitative estimate of drug-likeness (QED) is 0.546. The Kier molecular flexibility index (Phi) is 4.34. The van der Waals surface area contributed by atoms with Gasteiger partial charge in [0.2, 0.25) is 0 Å². The molecule has 0 bridgehead atoms. The van der Waals surface area contributed by atoms with Crippen molar-refractivity contribution < 1.29 is 4.79 Å². The van der Waals surface area contributed by atoms with Crippen molar-refractivity contribution in [3.05, 3.63) is 23.5 Å². The Bertz CT molecular complexity index is 462. The highest BCUT2D eigenvalue weighted by Crippen LogP contribution is 2.15. The zero-order valence-electron chi connectivity index (χ0n) is 11.4. The molecule has 6 nitrogen and oxygen atoms in total. The monoisotopic (exact) mass is 263 g/mol. The summed E-state index contributed by atoms with van der Waals surface area (Å²) in [5, 5.41) is 3.04. The third-order valence-electron chi connectivity index (χ3n) is 3.40. The minimum atomic E-state index is -0.124. The van der Waals surface area contributed by atoms with Crippen LogP contribution in [0.15, 0.2) is 12.3 Å². The highest BCUT2D eigenvalue weighted by molar-refractivity contribution is 5.99. The number of likely N-dealkylation sites (N-methyl/N-ethyl adjacent to an activating group) is 1. The van der Waals surface area contributed by atoms with E-state index in [-0.39, 0.29) is 11.9 Å². The summed E-state index contributed by atoms with van der Waals surface area (Å²) in [5.41, 5.74) is 4.47. The summed E-state index contributed by atoms with van der Waals surface area (Å²) in [6, 6.07) is 1.96. The van der Waals surface area contributed by atoms with E-state index in [9.17, 15) is 4.79 Å². The van der Waals surface area contributed by atoms with Crippen LogP contribution in [-0.4, -0.2) is 42.0 Å². The number of hydrazine groups is 1. The van der Waals surface area contributed by atoms with E-state index in [0.29, 0.717) is 11.3 Å². The number of nitrogens with one attached hydrogen (secondary N) is 2. The molecule has 2 rings (SSSR count). The largest absolute Gasteiger partial charge is 0.348 e. The average Bonchev–Trinajstić information content (AvgIpc) is 2.38. The number of hydrogen-bond donors (Lipinski definition) is 3. The van der Waals surface area contributed by atoms with Crippen LogP contribution in [0.2, 0.25) is 0 Å². The molecule has 1 amide bonds. The van der Waals surface area contributed by atoms with Crippen molar-refractivity contribution in [2.24, 2.45) is 5.84 Å². The number of nitrogens with zero attached hydrogens (tertiary/aromatic N) is 2. The summed E-state index contributed by atoms with van der Waals surface area (Å²) in [6.45, 7) is 3.84. The molecule has 1 unspecified atom stereocenters. The van der Waals surface area contributed by atoms with Gasteiger partial charge in [0.1, 0.15) is 0 Å². The zero-order valence-corrected chi connectivity index (χ0v) is 11.4. The SMILES string of the molecule is Cc1cc(NN)c(C(=O)NC2CCCN(C)C2)cn1. The van der Waals surface area contributed by atoms with Crippen molar-refractivity contribution in [2.45, 2.75) is 25.8 Å². The number of nitrogens with two attached hydrogens (primary N) is 1. The Morgan fingerprint density at radius 2 is 2.37 bits per heavy atom. The predicted octanol–water partition coefficient (Wildman–Crippen LogP) is 0.500. The lowest BCUT2D eigenvalue weighted by Crippen LogP contribution is -2.46. The second-order valence-corrected chi connectivity index (χ2v) is 5.09. The van der Waals surface area contributed by atoms with Gasteiger partial charge in [-0.25, -0.2) is 0 Å². The van der Waals surface area contributed by atoms with Gasteiger partial charge in [0.25, 0.3) is 5.91 Å². The Balaban J connectivity index is 2.07. The molecule has 4 N–H and O–H groups in total. The molecular weight excluding hydrogens is 242 g/mol. The molecule has 0 spiro atoms. The summed E-state index contributed by atoms with van der Waals surface area (Å²) in [4.78, 5) is 18.6. The third kappa shape index (κ3) is 3.42. The van der Waals surface area contributed by atoms with Gasteiger partial charge in [0.05, 0.1) is 11.3 Å². The molecule has 1 fully saturated rings. The highest BCUT2D eigenvalue weighted by Gasteiger charge is 2.21. The maximum Gasteiger partial charge on any atom is 0.255 e. The molecule has 0 aromatic carbocycles. The molecule has 1 aromatic rings. The van der Waals surface area contributed by atoms with Crippen molar-refractivity contribution in [1.29, 1.82) is 0 Å². The van der Waals surface area contributed by atoms with Gasteiger partial charge in [-0.1, -0.05) is 0 Å². The smallest absolute Gasteiger partial charge is 0.255 e. The number of nitrogen functional groups attached to an aromatic ring is 1. The first-order valence-electron chi connectivity index (χ1n) is 6.53. The van der Waals surface area contributed by atoms with E-state index in [1.54, 1.807) is 12.3 Å². The number of piperidine rings is 1. The molecule has 0 aliphatic carbocycles. The van der Waals surface area contributed by atoms with Crippen LogP contribution in [-0.2, 0) is 0 Å². The number of aryl methyl sites for hydroxylation is 1. The predicted molar refractivity (Wildman–Crippen MR) is 74.8 cm³/mol. The summed E-state index contributed by atoms with van der Waals surface area (Å²) in [7, 11) is 2.07. The van der Waals surface area contributed by atoms with Crippen molar-refractivity contribution >= 4 is 11.6 Å². The summed E-state index contributed by atoms with van der Waals surface area (Å²) >= 11 is 0. The molecule has 1 atom stereocenters. The summed E-state index contributed by atoms with van der Waals surface area (Å²) in [6.07, 6.45) is 3.68. The molecular formula is C13H21N5O. The van der Waals surface area contributed by atoms with Gasteiger partial charge in [-0.05, 0) is 39.4 Å². The number of pyridine rings is 1. The van der Waals surface area contributed by atoms with Crippen LogP contribution >= 0.6 is 0 Å². The number of carbonyl (C=O) groups is 1. The van der Waals surface area contributed by atoms with E-state index in [0.717, 1.165) is 31.6 Å². The number of anilines is 1. The van der Waals surface area contributed by atoms with Crippen LogP contribution in [0, 0.1) is 6.92 Å². The second kappa shape index (κ2) is 5.99. The molecule has 0 radical (unpaired) electrons. The fourth-order valence-electron chi connectivity index (χ4n) is 2.41. The lowest BCUT2D eigenvalue weighted by atomic mass is 10.1. The summed E-state index contributed by atoms with van der Waals surface area (Å²) < 4.78 is 0. The Morgan fingerprint density at radius 3 is 3.05 bits per heavy atom. The number of hydrogen-bond acceptors (Lipinski definition) is 5. The van der Waals surface area contributed by atoms with Crippen LogP contribution in [0.25, 0.3) is 0 Å². The van der Waals surface area contributed by atoms with Gasteiger partial charge in [-0.3, -0.25) is 15.6 Å². The Labute approximate surface area is 113 Å². The molecule has 1 aromatic heterocycles. The van der Waals surface area contributed by atoms with Crippen molar-refractivity contribution in [3.63, 3.8) is 0 Å². The molecule has 1 aliphatic heterocycles. The fraction of sp³-hybridized carbons (Fsp3) is 0.538. The Hall–Kier alpha value is -1.66. The molecule has 104 valence electrons. The minimum Gasteiger partial charge on any atom is -0.348 e. The lowest BCUT2D eigenvalue weighted by Gasteiger charge is -2.30. The van der Waals surface area contributed by atoms with E-state index in [4.69, 9.17) is 5.84 Å². The Morgan fingerprint density at radius 1 is 1.58 bits per heavy atom. The minimum absolute atomic E-state index is 0.124. The van der Waals surface area contributed by atoms with Crippen molar-refractivity contribution in [2.75, 3.05) is 25.6 Å². The van der Waals surface area contributed by atoms with Crippen LogP contribution in [0.1, 0.15) is 28.9 Å².